The molecule has 2 aromatic rings. The predicted octanol–water partition coefficient (Wildman–Crippen LogP) is 4.88. The van der Waals surface area contributed by atoms with Crippen molar-refractivity contribution in [3.63, 3.8) is 0 Å². The van der Waals surface area contributed by atoms with Crippen LogP contribution in [0.2, 0.25) is 5.02 Å². The second-order valence-electron chi connectivity index (χ2n) is 8.99. The summed E-state index contributed by atoms with van der Waals surface area (Å²) in [6.45, 7) is 7.25. The van der Waals surface area contributed by atoms with E-state index in [1.165, 1.54) is 18.9 Å². The molecule has 0 fully saturated rings. The van der Waals surface area contributed by atoms with E-state index in [9.17, 15) is 14.4 Å². The molecule has 1 aliphatic rings. The van der Waals surface area contributed by atoms with Gasteiger partial charge in [-0.05, 0) is 68.7 Å². The molecule has 34 heavy (non-hydrogen) atoms. The van der Waals surface area contributed by atoms with Gasteiger partial charge in [0.2, 0.25) is 5.91 Å². The molecule has 8 nitrogen and oxygen atoms in total. The standard InChI is InChI=1S/C25H29ClN2O6/c1-15(29)27-18-6-9-21(26)17(12-18)14-33-19-7-8-20-16(13-19)10-11-28(22(20)23(30)32-5)24(31)34-25(2,3)4/h6-9,12-13,22H,10-11,14H2,1-5H3,(H,27,29)/t22-/m1/s1. The highest BCUT2D eigenvalue weighted by molar-refractivity contribution is 6.31. The number of ether oxygens (including phenoxy) is 3. The summed E-state index contributed by atoms with van der Waals surface area (Å²) in [5, 5.41) is 3.24. The molecule has 0 saturated carbocycles. The summed E-state index contributed by atoms with van der Waals surface area (Å²) in [5.74, 6) is -0.124. The zero-order chi connectivity index (χ0) is 25.0. The first kappa shape index (κ1) is 25.4. The number of methoxy groups -OCH3 is 1. The number of carbonyl (C=O) groups is 3. The third-order valence-electron chi connectivity index (χ3n) is 5.16. The highest BCUT2D eigenvalue weighted by Gasteiger charge is 2.39. The average Bonchev–Trinajstić information content (AvgIpc) is 2.76. The van der Waals surface area contributed by atoms with Gasteiger partial charge in [0.15, 0.2) is 6.04 Å². The Balaban J connectivity index is 1.80. The van der Waals surface area contributed by atoms with E-state index >= 15 is 0 Å². The number of amides is 2. The fourth-order valence-corrected chi connectivity index (χ4v) is 3.88. The topological polar surface area (TPSA) is 94.2 Å². The van der Waals surface area contributed by atoms with E-state index in [0.717, 1.165) is 5.56 Å². The Kier molecular flexibility index (Phi) is 7.71. The normalized spacial score (nSPS) is 15.2. The molecule has 1 atom stereocenters. The third-order valence-corrected chi connectivity index (χ3v) is 5.52. The van der Waals surface area contributed by atoms with Crippen LogP contribution in [0.1, 0.15) is 50.4 Å². The van der Waals surface area contributed by atoms with E-state index in [-0.39, 0.29) is 12.5 Å². The summed E-state index contributed by atoms with van der Waals surface area (Å²) in [6, 6.07) is 9.62. The van der Waals surface area contributed by atoms with Crippen LogP contribution in [-0.2, 0) is 32.1 Å². The molecule has 2 amide bonds. The molecule has 1 heterocycles. The van der Waals surface area contributed by atoms with Crippen LogP contribution in [0, 0.1) is 0 Å². The van der Waals surface area contributed by atoms with Crippen molar-refractivity contribution in [1.29, 1.82) is 0 Å². The Morgan fingerprint density at radius 3 is 2.53 bits per heavy atom. The van der Waals surface area contributed by atoms with Gasteiger partial charge in [-0.3, -0.25) is 9.69 Å². The first-order chi connectivity index (χ1) is 16.0. The molecule has 0 bridgehead atoms. The zero-order valence-electron chi connectivity index (χ0n) is 19.9. The zero-order valence-corrected chi connectivity index (χ0v) is 20.7. The number of hydrogen-bond donors (Lipinski definition) is 1. The first-order valence-electron chi connectivity index (χ1n) is 10.9. The molecule has 2 aromatic carbocycles. The van der Waals surface area contributed by atoms with Gasteiger partial charge in [0.1, 0.15) is 18.0 Å². The summed E-state index contributed by atoms with van der Waals surface area (Å²) < 4.78 is 16.4. The lowest BCUT2D eigenvalue weighted by Crippen LogP contribution is -2.46. The largest absolute Gasteiger partial charge is 0.489 e. The number of hydrogen-bond acceptors (Lipinski definition) is 6. The Hall–Kier alpha value is -3.26. The molecule has 0 aliphatic carbocycles. The van der Waals surface area contributed by atoms with Crippen LogP contribution in [0.25, 0.3) is 0 Å². The number of esters is 1. The predicted molar refractivity (Wildman–Crippen MR) is 128 cm³/mol. The van der Waals surface area contributed by atoms with Gasteiger partial charge >= 0.3 is 12.1 Å². The van der Waals surface area contributed by atoms with E-state index in [2.05, 4.69) is 5.32 Å². The number of nitrogens with zero attached hydrogens (tertiary/aromatic N) is 1. The lowest BCUT2D eigenvalue weighted by molar-refractivity contribution is -0.147. The molecular weight excluding hydrogens is 460 g/mol. The molecule has 0 spiro atoms. The SMILES string of the molecule is COC(=O)[C@H]1c2ccc(OCc3cc(NC(C)=O)ccc3Cl)cc2CCN1C(=O)OC(C)(C)C. The number of nitrogens with one attached hydrogen (secondary N) is 1. The third kappa shape index (κ3) is 6.20. The molecule has 0 saturated heterocycles. The Bertz CT molecular complexity index is 1100. The minimum Gasteiger partial charge on any atom is -0.489 e. The van der Waals surface area contributed by atoms with Gasteiger partial charge in [0.05, 0.1) is 7.11 Å². The van der Waals surface area contributed by atoms with Crippen molar-refractivity contribution in [1.82, 2.24) is 4.90 Å². The van der Waals surface area contributed by atoms with Gasteiger partial charge in [-0.2, -0.15) is 0 Å². The van der Waals surface area contributed by atoms with Crippen molar-refractivity contribution in [3.8, 4) is 5.75 Å². The monoisotopic (exact) mass is 488 g/mol. The molecule has 1 N–H and O–H groups in total. The Labute approximate surface area is 204 Å². The van der Waals surface area contributed by atoms with Gasteiger partial charge in [0.25, 0.3) is 0 Å². The lowest BCUT2D eigenvalue weighted by Gasteiger charge is -2.36. The van der Waals surface area contributed by atoms with Crippen molar-refractivity contribution in [2.75, 3.05) is 19.0 Å². The van der Waals surface area contributed by atoms with E-state index < -0.39 is 23.7 Å². The molecular formula is C25H29ClN2O6. The number of benzene rings is 2. The minimum atomic E-state index is -0.901. The Morgan fingerprint density at radius 2 is 1.88 bits per heavy atom. The molecule has 182 valence electrons. The summed E-state index contributed by atoms with van der Waals surface area (Å²) in [4.78, 5) is 38.1. The van der Waals surface area contributed by atoms with Crippen LogP contribution in [0.4, 0.5) is 10.5 Å². The first-order valence-corrected chi connectivity index (χ1v) is 11.3. The van der Waals surface area contributed by atoms with Gasteiger partial charge < -0.3 is 19.5 Å². The van der Waals surface area contributed by atoms with E-state index in [0.29, 0.717) is 40.6 Å². The highest BCUT2D eigenvalue weighted by Crippen LogP contribution is 2.34. The van der Waals surface area contributed by atoms with Crippen LogP contribution in [0.5, 0.6) is 5.75 Å². The fraction of sp³-hybridized carbons (Fsp3) is 0.400. The van der Waals surface area contributed by atoms with Crippen LogP contribution >= 0.6 is 11.6 Å². The quantitative estimate of drug-likeness (QED) is 0.602. The summed E-state index contributed by atoms with van der Waals surface area (Å²) in [7, 11) is 1.29. The van der Waals surface area contributed by atoms with Crippen LogP contribution in [-0.4, -0.2) is 42.1 Å². The number of fused-ring (bicyclic) bond motifs is 1. The van der Waals surface area contributed by atoms with Gasteiger partial charge in [0, 0.05) is 29.7 Å². The summed E-state index contributed by atoms with van der Waals surface area (Å²) >= 11 is 6.28. The van der Waals surface area contributed by atoms with E-state index in [1.54, 1.807) is 51.1 Å². The van der Waals surface area contributed by atoms with Gasteiger partial charge in [-0.1, -0.05) is 17.7 Å². The molecule has 0 aromatic heterocycles. The van der Waals surface area contributed by atoms with Crippen molar-refractivity contribution >= 4 is 35.3 Å². The van der Waals surface area contributed by atoms with Gasteiger partial charge in [-0.25, -0.2) is 9.59 Å². The number of halogens is 1. The van der Waals surface area contributed by atoms with Crippen molar-refractivity contribution in [3.05, 3.63) is 58.1 Å². The summed E-state index contributed by atoms with van der Waals surface area (Å²) in [6.07, 6.45) is -0.0412. The molecule has 0 radical (unpaired) electrons. The number of anilines is 1. The maximum atomic E-state index is 12.7. The summed E-state index contributed by atoms with van der Waals surface area (Å²) in [5.41, 5.74) is 2.21. The van der Waals surface area contributed by atoms with Crippen LogP contribution < -0.4 is 10.1 Å². The number of carbonyl (C=O) groups excluding carboxylic acids is 3. The molecule has 9 heteroatoms. The van der Waals surface area contributed by atoms with E-state index in [4.69, 9.17) is 25.8 Å². The number of rotatable bonds is 5. The average molecular weight is 489 g/mol. The maximum Gasteiger partial charge on any atom is 0.411 e. The van der Waals surface area contributed by atoms with Gasteiger partial charge in [-0.15, -0.1) is 0 Å². The van der Waals surface area contributed by atoms with Crippen LogP contribution in [0.15, 0.2) is 36.4 Å². The van der Waals surface area contributed by atoms with Crippen molar-refractivity contribution < 1.29 is 28.6 Å². The maximum absolute atomic E-state index is 12.7. The van der Waals surface area contributed by atoms with Crippen LogP contribution in [0.3, 0.4) is 0 Å². The lowest BCUT2D eigenvalue weighted by atomic mass is 9.92. The minimum absolute atomic E-state index is 0.176. The molecule has 1 aliphatic heterocycles. The van der Waals surface area contributed by atoms with Crippen molar-refractivity contribution in [2.24, 2.45) is 0 Å². The molecule has 0 unspecified atom stereocenters. The smallest absolute Gasteiger partial charge is 0.411 e. The highest BCUT2D eigenvalue weighted by atomic mass is 35.5. The molecule has 3 rings (SSSR count). The fourth-order valence-electron chi connectivity index (χ4n) is 3.70. The van der Waals surface area contributed by atoms with Crippen molar-refractivity contribution in [2.45, 2.75) is 52.4 Å². The van der Waals surface area contributed by atoms with E-state index in [1.807, 2.05) is 6.07 Å². The second kappa shape index (κ2) is 10.3. The second-order valence-corrected chi connectivity index (χ2v) is 9.39. The Morgan fingerprint density at radius 1 is 1.15 bits per heavy atom.